The highest BCUT2D eigenvalue weighted by Gasteiger charge is 2.29. The van der Waals surface area contributed by atoms with Crippen LogP contribution in [0.5, 0.6) is 0 Å². The molecule has 5 nitrogen and oxygen atoms in total. The van der Waals surface area contributed by atoms with Gasteiger partial charge in [0.2, 0.25) is 5.91 Å². The highest BCUT2D eigenvalue weighted by atomic mass is 35.5. The van der Waals surface area contributed by atoms with Crippen molar-refractivity contribution in [1.29, 1.82) is 0 Å². The van der Waals surface area contributed by atoms with E-state index in [2.05, 4.69) is 0 Å². The van der Waals surface area contributed by atoms with Crippen LogP contribution < -0.4 is 0 Å². The van der Waals surface area contributed by atoms with Crippen molar-refractivity contribution < 1.29 is 13.2 Å². The second kappa shape index (κ2) is 8.31. The molecule has 0 saturated carbocycles. The van der Waals surface area contributed by atoms with E-state index in [-0.39, 0.29) is 18.4 Å². The largest absolute Gasteiger partial charge is 0.339 e. The molecule has 0 bridgehead atoms. The Labute approximate surface area is 169 Å². The van der Waals surface area contributed by atoms with Gasteiger partial charge in [0.05, 0.1) is 12.5 Å². The number of carbonyl (C=O) groups excluding carboxylic acids is 1. The number of carbonyl (C=O) groups is 1. The lowest BCUT2D eigenvalue weighted by atomic mass is 10.1. The number of nitrogens with zero attached hydrogens (tertiary/aromatic N) is 2. The van der Waals surface area contributed by atoms with Gasteiger partial charge < -0.3 is 4.90 Å². The molecule has 1 unspecified atom stereocenters. The topological polar surface area (TPSA) is 57.7 Å². The summed E-state index contributed by atoms with van der Waals surface area (Å²) in [6.45, 7) is 3.10. The SMILES string of the molecule is CC(c1cccc(Cl)c1)N(C)C(=O)Cc1ccc(S(=O)(=O)N2CCCC2)s1. The summed E-state index contributed by atoms with van der Waals surface area (Å²) in [5.74, 6) is -0.0607. The van der Waals surface area contributed by atoms with E-state index in [0.29, 0.717) is 22.3 Å². The zero-order valence-electron chi connectivity index (χ0n) is 15.4. The van der Waals surface area contributed by atoms with Crippen LogP contribution >= 0.6 is 22.9 Å². The summed E-state index contributed by atoms with van der Waals surface area (Å²) in [6.07, 6.45) is 1.99. The number of amides is 1. The number of thiophene rings is 1. The smallest absolute Gasteiger partial charge is 0.252 e. The van der Waals surface area contributed by atoms with E-state index in [1.165, 1.54) is 15.6 Å². The van der Waals surface area contributed by atoms with Crippen LogP contribution in [0.2, 0.25) is 5.02 Å². The Hall–Kier alpha value is -1.41. The van der Waals surface area contributed by atoms with Gasteiger partial charge in [-0.1, -0.05) is 23.7 Å². The van der Waals surface area contributed by atoms with Crippen molar-refractivity contribution in [2.75, 3.05) is 20.1 Å². The number of halogens is 1. The summed E-state index contributed by atoms with van der Waals surface area (Å²) in [7, 11) is -1.67. The number of hydrogen-bond donors (Lipinski definition) is 0. The van der Waals surface area contributed by atoms with Gasteiger partial charge in [-0.3, -0.25) is 4.79 Å². The van der Waals surface area contributed by atoms with Crippen LogP contribution in [-0.4, -0.2) is 43.7 Å². The van der Waals surface area contributed by atoms with Gasteiger partial charge in [-0.2, -0.15) is 4.31 Å². The van der Waals surface area contributed by atoms with Gasteiger partial charge in [-0.05, 0) is 49.6 Å². The van der Waals surface area contributed by atoms with Crippen molar-refractivity contribution in [2.24, 2.45) is 0 Å². The van der Waals surface area contributed by atoms with Crippen molar-refractivity contribution in [2.45, 2.75) is 36.4 Å². The maximum Gasteiger partial charge on any atom is 0.252 e. The Kier molecular flexibility index (Phi) is 6.25. The maximum atomic E-state index is 12.7. The molecule has 146 valence electrons. The van der Waals surface area contributed by atoms with E-state index in [0.717, 1.165) is 23.3 Å². The average molecular weight is 427 g/mol. The molecule has 2 aromatic rings. The molecule has 0 N–H and O–H groups in total. The molecule has 0 spiro atoms. The molecule has 1 fully saturated rings. The fourth-order valence-corrected chi connectivity index (χ4v) is 6.34. The van der Waals surface area contributed by atoms with Gasteiger partial charge in [-0.25, -0.2) is 8.42 Å². The third-order valence-electron chi connectivity index (χ3n) is 4.93. The second-order valence-electron chi connectivity index (χ2n) is 6.74. The summed E-state index contributed by atoms with van der Waals surface area (Å²) in [5, 5.41) is 0.634. The Bertz CT molecular complexity index is 921. The minimum absolute atomic E-state index is 0.0607. The van der Waals surface area contributed by atoms with Crippen LogP contribution in [0.3, 0.4) is 0 Å². The molecular weight excluding hydrogens is 404 g/mol. The Balaban J connectivity index is 1.68. The quantitative estimate of drug-likeness (QED) is 0.702. The Morgan fingerprint density at radius 3 is 2.63 bits per heavy atom. The molecule has 1 aromatic heterocycles. The van der Waals surface area contributed by atoms with E-state index in [1.807, 2.05) is 25.1 Å². The molecule has 1 atom stereocenters. The molecule has 1 saturated heterocycles. The van der Waals surface area contributed by atoms with Crippen LogP contribution in [0.15, 0.2) is 40.6 Å². The van der Waals surface area contributed by atoms with Gasteiger partial charge in [0.25, 0.3) is 10.0 Å². The summed E-state index contributed by atoms with van der Waals surface area (Å²) in [6, 6.07) is 10.7. The summed E-state index contributed by atoms with van der Waals surface area (Å²) in [4.78, 5) is 15.1. The van der Waals surface area contributed by atoms with Crippen molar-refractivity contribution in [1.82, 2.24) is 9.21 Å². The van der Waals surface area contributed by atoms with Gasteiger partial charge in [-0.15, -0.1) is 11.3 Å². The van der Waals surface area contributed by atoms with Crippen molar-refractivity contribution in [3.8, 4) is 0 Å². The standard InChI is InChI=1S/C19H23ClN2O3S2/c1-14(15-6-5-7-16(20)12-15)21(2)18(23)13-17-8-9-19(26-17)27(24,25)22-10-3-4-11-22/h5-9,12,14H,3-4,10-11,13H2,1-2H3. The molecule has 1 aliphatic rings. The molecule has 1 amide bonds. The molecule has 0 aliphatic carbocycles. The van der Waals surface area contributed by atoms with Gasteiger partial charge in [0.1, 0.15) is 4.21 Å². The molecule has 3 rings (SSSR count). The summed E-state index contributed by atoms with van der Waals surface area (Å²) in [5.41, 5.74) is 0.960. The fourth-order valence-electron chi connectivity index (χ4n) is 3.13. The van der Waals surface area contributed by atoms with E-state index in [9.17, 15) is 13.2 Å². The summed E-state index contributed by atoms with van der Waals surface area (Å²) >= 11 is 7.22. The van der Waals surface area contributed by atoms with Crippen LogP contribution in [0.25, 0.3) is 0 Å². The predicted molar refractivity (Wildman–Crippen MR) is 109 cm³/mol. The van der Waals surface area contributed by atoms with Crippen LogP contribution in [0.1, 0.15) is 36.2 Å². The number of likely N-dealkylation sites (N-methyl/N-ethyl adjacent to an activating group) is 1. The highest BCUT2D eigenvalue weighted by Crippen LogP contribution is 2.28. The third kappa shape index (κ3) is 4.54. The van der Waals surface area contributed by atoms with E-state index in [4.69, 9.17) is 11.6 Å². The first-order chi connectivity index (χ1) is 12.8. The average Bonchev–Trinajstić information content (AvgIpc) is 3.32. The van der Waals surface area contributed by atoms with Crippen LogP contribution in [-0.2, 0) is 21.2 Å². The van der Waals surface area contributed by atoms with E-state index < -0.39 is 10.0 Å². The molecule has 0 radical (unpaired) electrons. The number of hydrogen-bond acceptors (Lipinski definition) is 4. The number of sulfonamides is 1. The molecule has 27 heavy (non-hydrogen) atoms. The molecular formula is C19H23ClN2O3S2. The lowest BCUT2D eigenvalue weighted by Crippen LogP contribution is -2.30. The first-order valence-electron chi connectivity index (χ1n) is 8.89. The van der Waals surface area contributed by atoms with Crippen molar-refractivity contribution >= 4 is 38.9 Å². The lowest BCUT2D eigenvalue weighted by molar-refractivity contribution is -0.131. The molecule has 2 heterocycles. The zero-order chi connectivity index (χ0) is 19.6. The molecule has 8 heteroatoms. The van der Waals surface area contributed by atoms with E-state index in [1.54, 1.807) is 30.1 Å². The minimum Gasteiger partial charge on any atom is -0.339 e. The first-order valence-corrected chi connectivity index (χ1v) is 11.5. The fraction of sp³-hybridized carbons (Fsp3) is 0.421. The minimum atomic E-state index is -3.43. The highest BCUT2D eigenvalue weighted by molar-refractivity contribution is 7.91. The monoisotopic (exact) mass is 426 g/mol. The normalized spacial score (nSPS) is 16.4. The van der Waals surface area contributed by atoms with Gasteiger partial charge in [0, 0.05) is 30.0 Å². The second-order valence-corrected chi connectivity index (χ2v) is 10.5. The number of rotatable bonds is 6. The van der Waals surface area contributed by atoms with Crippen LogP contribution in [0, 0.1) is 0 Å². The zero-order valence-corrected chi connectivity index (χ0v) is 17.8. The molecule has 1 aliphatic heterocycles. The van der Waals surface area contributed by atoms with Gasteiger partial charge in [0.15, 0.2) is 0 Å². The van der Waals surface area contributed by atoms with Gasteiger partial charge >= 0.3 is 0 Å². The third-order valence-corrected chi connectivity index (χ3v) is 8.61. The number of benzene rings is 1. The molecule has 1 aromatic carbocycles. The van der Waals surface area contributed by atoms with Crippen LogP contribution in [0.4, 0.5) is 0 Å². The van der Waals surface area contributed by atoms with Crippen molar-refractivity contribution in [3.63, 3.8) is 0 Å². The van der Waals surface area contributed by atoms with Crippen molar-refractivity contribution in [3.05, 3.63) is 51.9 Å². The van der Waals surface area contributed by atoms with E-state index >= 15 is 0 Å². The predicted octanol–water partition coefficient (Wildman–Crippen LogP) is 3.95. The first kappa shape index (κ1) is 20.3. The summed E-state index contributed by atoms with van der Waals surface area (Å²) < 4.78 is 27.1. The Morgan fingerprint density at radius 2 is 1.96 bits per heavy atom. The maximum absolute atomic E-state index is 12.7. The lowest BCUT2D eigenvalue weighted by Gasteiger charge is -2.25. The Morgan fingerprint density at radius 1 is 1.26 bits per heavy atom.